The second kappa shape index (κ2) is 7.59. The van der Waals surface area contributed by atoms with Crippen LogP contribution in [0.15, 0.2) is 36.7 Å². The summed E-state index contributed by atoms with van der Waals surface area (Å²) in [5.74, 6) is 0.0658. The second-order valence-corrected chi connectivity index (χ2v) is 8.71. The molecule has 2 aromatic heterocycles. The van der Waals surface area contributed by atoms with E-state index >= 15 is 0 Å². The van der Waals surface area contributed by atoms with Crippen LogP contribution in [0.5, 0.6) is 0 Å². The minimum Gasteiger partial charge on any atom is -0.349 e. The van der Waals surface area contributed by atoms with Crippen LogP contribution in [0.2, 0.25) is 0 Å². The van der Waals surface area contributed by atoms with E-state index in [-0.39, 0.29) is 11.8 Å². The number of sulfonamides is 1. The van der Waals surface area contributed by atoms with E-state index < -0.39 is 10.0 Å². The number of pyridine rings is 1. The predicted molar refractivity (Wildman–Crippen MR) is 99.1 cm³/mol. The van der Waals surface area contributed by atoms with Crippen LogP contribution in [-0.4, -0.2) is 48.1 Å². The highest BCUT2D eigenvalue weighted by Gasteiger charge is 2.26. The molecule has 1 amide bonds. The summed E-state index contributed by atoms with van der Waals surface area (Å²) in [6.07, 6.45) is 5.47. The Morgan fingerprint density at radius 1 is 1.35 bits per heavy atom. The molecule has 7 nitrogen and oxygen atoms in total. The summed E-state index contributed by atoms with van der Waals surface area (Å²) in [5, 5.41) is 0. The van der Waals surface area contributed by atoms with Crippen molar-refractivity contribution >= 4 is 15.9 Å². The van der Waals surface area contributed by atoms with Gasteiger partial charge in [-0.3, -0.25) is 9.78 Å². The first kappa shape index (κ1) is 18.6. The summed E-state index contributed by atoms with van der Waals surface area (Å²) in [5.41, 5.74) is 2.51. The normalized spacial score (nSPS) is 17.6. The van der Waals surface area contributed by atoms with Crippen LogP contribution >= 0.6 is 0 Å². The third-order valence-electron chi connectivity index (χ3n) is 4.55. The number of hydrogen-bond donors (Lipinski definition) is 1. The number of nitrogens with zero attached hydrogens (tertiary/aromatic N) is 3. The van der Waals surface area contributed by atoms with Gasteiger partial charge in [0.05, 0.1) is 12.8 Å². The van der Waals surface area contributed by atoms with Crippen molar-refractivity contribution in [3.63, 3.8) is 0 Å². The lowest BCUT2D eigenvalue weighted by Gasteiger charge is -2.24. The molecular formula is C18H24N4O3S. The number of nitrogens with one attached hydrogen (secondary N) is 1. The van der Waals surface area contributed by atoms with Gasteiger partial charge in [-0.05, 0) is 49.1 Å². The van der Waals surface area contributed by atoms with Gasteiger partial charge < -0.3 is 9.47 Å². The summed E-state index contributed by atoms with van der Waals surface area (Å²) in [4.78, 5) is 19.0. The molecule has 0 saturated carbocycles. The summed E-state index contributed by atoms with van der Waals surface area (Å²) >= 11 is 0. The van der Waals surface area contributed by atoms with Gasteiger partial charge in [0, 0.05) is 37.7 Å². The van der Waals surface area contributed by atoms with E-state index in [1.54, 1.807) is 12.3 Å². The van der Waals surface area contributed by atoms with E-state index in [1.165, 1.54) is 0 Å². The maximum Gasteiger partial charge on any atom is 0.272 e. The van der Waals surface area contributed by atoms with Crippen molar-refractivity contribution in [1.82, 2.24) is 19.2 Å². The average molecular weight is 376 g/mol. The Hall–Kier alpha value is -2.19. The lowest BCUT2D eigenvalue weighted by Crippen LogP contribution is -2.35. The van der Waals surface area contributed by atoms with E-state index in [0.29, 0.717) is 31.7 Å². The first-order valence-electron chi connectivity index (χ1n) is 8.62. The molecule has 2 aromatic rings. The quantitative estimate of drug-likeness (QED) is 0.855. The summed E-state index contributed by atoms with van der Waals surface area (Å²) in [6, 6.07) is 7.65. The number of aromatic nitrogens is 2. The van der Waals surface area contributed by atoms with E-state index in [1.807, 2.05) is 36.2 Å². The number of carbonyl (C=O) groups is 1. The lowest BCUT2D eigenvalue weighted by atomic mass is 10.1. The van der Waals surface area contributed by atoms with Gasteiger partial charge in [0.25, 0.3) is 5.91 Å². The maximum absolute atomic E-state index is 13.0. The SMILES string of the molecule is Cc1ccnc(C(=O)N2Cc3cccn3C[C@@H](CCNS(C)(=O)=O)C2)c1. The topological polar surface area (TPSA) is 84.3 Å². The Bertz CT molecular complexity index is 891. The summed E-state index contributed by atoms with van der Waals surface area (Å²) in [6.45, 7) is 4.16. The van der Waals surface area contributed by atoms with Crippen molar-refractivity contribution < 1.29 is 13.2 Å². The molecular weight excluding hydrogens is 352 g/mol. The van der Waals surface area contributed by atoms with Crippen LogP contribution in [0, 0.1) is 12.8 Å². The Labute approximate surface area is 154 Å². The van der Waals surface area contributed by atoms with Gasteiger partial charge in [0.2, 0.25) is 10.0 Å². The minimum atomic E-state index is -3.21. The highest BCUT2D eigenvalue weighted by Crippen LogP contribution is 2.21. The Kier molecular flexibility index (Phi) is 5.43. The van der Waals surface area contributed by atoms with E-state index in [0.717, 1.165) is 24.1 Å². The molecule has 0 unspecified atom stereocenters. The van der Waals surface area contributed by atoms with Crippen LogP contribution in [0.4, 0.5) is 0 Å². The predicted octanol–water partition coefficient (Wildman–Crippen LogP) is 1.40. The molecule has 1 aliphatic heterocycles. The van der Waals surface area contributed by atoms with E-state index in [2.05, 4.69) is 14.3 Å². The first-order valence-corrected chi connectivity index (χ1v) is 10.5. The Morgan fingerprint density at radius 2 is 2.15 bits per heavy atom. The van der Waals surface area contributed by atoms with Crippen molar-refractivity contribution in [3.8, 4) is 0 Å². The fourth-order valence-electron chi connectivity index (χ4n) is 3.28. The number of fused-ring (bicyclic) bond motifs is 1. The molecule has 1 N–H and O–H groups in total. The molecule has 140 valence electrons. The van der Waals surface area contributed by atoms with Gasteiger partial charge in [-0.2, -0.15) is 0 Å². The van der Waals surface area contributed by atoms with Gasteiger partial charge in [0.15, 0.2) is 0 Å². The molecule has 3 rings (SSSR count). The van der Waals surface area contributed by atoms with Crippen molar-refractivity contribution in [3.05, 3.63) is 53.6 Å². The molecule has 26 heavy (non-hydrogen) atoms. The highest BCUT2D eigenvalue weighted by atomic mass is 32.2. The smallest absolute Gasteiger partial charge is 0.272 e. The standard InChI is InChI=1S/C18H24N4O3S/c1-14-5-7-19-17(10-14)18(23)22-12-15(6-8-20-26(2,24)25)11-21-9-3-4-16(21)13-22/h3-5,7,9-10,15,20H,6,8,11-13H2,1-2H3/t15-/m1/s1. The molecule has 0 bridgehead atoms. The molecule has 8 heteroatoms. The van der Waals surface area contributed by atoms with Gasteiger partial charge in [-0.15, -0.1) is 0 Å². The zero-order valence-corrected chi connectivity index (χ0v) is 15.9. The molecule has 0 radical (unpaired) electrons. The van der Waals surface area contributed by atoms with Crippen LogP contribution in [0.25, 0.3) is 0 Å². The van der Waals surface area contributed by atoms with Crippen molar-refractivity contribution in [2.75, 3.05) is 19.3 Å². The van der Waals surface area contributed by atoms with Crippen molar-refractivity contribution in [2.45, 2.75) is 26.4 Å². The summed E-state index contributed by atoms with van der Waals surface area (Å²) in [7, 11) is -3.21. The van der Waals surface area contributed by atoms with Gasteiger partial charge in [-0.25, -0.2) is 13.1 Å². The Morgan fingerprint density at radius 3 is 2.88 bits per heavy atom. The molecule has 0 spiro atoms. The third kappa shape index (κ3) is 4.70. The van der Waals surface area contributed by atoms with Gasteiger partial charge >= 0.3 is 0 Å². The third-order valence-corrected chi connectivity index (χ3v) is 5.28. The number of amides is 1. The fourth-order valence-corrected chi connectivity index (χ4v) is 3.77. The zero-order chi connectivity index (χ0) is 18.7. The molecule has 3 heterocycles. The number of carbonyl (C=O) groups excluding carboxylic acids is 1. The van der Waals surface area contributed by atoms with Crippen LogP contribution in [-0.2, 0) is 23.1 Å². The van der Waals surface area contributed by atoms with Gasteiger partial charge in [-0.1, -0.05) is 0 Å². The van der Waals surface area contributed by atoms with Crippen molar-refractivity contribution in [1.29, 1.82) is 0 Å². The molecule has 0 aliphatic carbocycles. The maximum atomic E-state index is 13.0. The number of hydrogen-bond acceptors (Lipinski definition) is 4. The van der Waals surface area contributed by atoms with Gasteiger partial charge in [0.1, 0.15) is 5.69 Å². The molecule has 0 fully saturated rings. The highest BCUT2D eigenvalue weighted by molar-refractivity contribution is 7.88. The van der Waals surface area contributed by atoms with E-state index in [9.17, 15) is 13.2 Å². The Balaban J connectivity index is 1.78. The first-order chi connectivity index (χ1) is 12.3. The van der Waals surface area contributed by atoms with Crippen LogP contribution in [0.1, 0.15) is 28.2 Å². The van der Waals surface area contributed by atoms with E-state index in [4.69, 9.17) is 0 Å². The van der Waals surface area contributed by atoms with Crippen LogP contribution < -0.4 is 4.72 Å². The summed E-state index contributed by atoms with van der Waals surface area (Å²) < 4.78 is 27.3. The van der Waals surface area contributed by atoms with Crippen molar-refractivity contribution in [2.24, 2.45) is 5.92 Å². The molecule has 0 saturated heterocycles. The lowest BCUT2D eigenvalue weighted by molar-refractivity contribution is 0.0712. The molecule has 1 aliphatic rings. The van der Waals surface area contributed by atoms with Crippen LogP contribution in [0.3, 0.4) is 0 Å². The number of aryl methyl sites for hydroxylation is 1. The minimum absolute atomic E-state index is 0.0931. The molecule has 0 aromatic carbocycles. The molecule has 1 atom stereocenters. The fraction of sp³-hybridized carbons (Fsp3) is 0.444. The zero-order valence-electron chi connectivity index (χ0n) is 15.1. The average Bonchev–Trinajstić information content (AvgIpc) is 2.91. The number of rotatable bonds is 5. The largest absolute Gasteiger partial charge is 0.349 e. The second-order valence-electron chi connectivity index (χ2n) is 6.88. The monoisotopic (exact) mass is 376 g/mol.